The quantitative estimate of drug-likeness (QED) is 0.313. The number of rotatable bonds is 8. The predicted octanol–water partition coefficient (Wildman–Crippen LogP) is 4.05. The van der Waals surface area contributed by atoms with Crippen LogP contribution in [-0.4, -0.2) is 32.5 Å². The molecule has 5 heteroatoms. The Labute approximate surface area is 146 Å². The van der Waals surface area contributed by atoms with Gasteiger partial charge in [-0.3, -0.25) is 0 Å². The Morgan fingerprint density at radius 2 is 1.88 bits per heavy atom. The second-order valence-corrected chi connectivity index (χ2v) is 5.95. The summed E-state index contributed by atoms with van der Waals surface area (Å²) in [4.78, 5) is 12.3. The van der Waals surface area contributed by atoms with Gasteiger partial charge in [0.15, 0.2) is 11.5 Å². The van der Waals surface area contributed by atoms with Crippen LogP contribution in [0.5, 0.6) is 11.5 Å². The third-order valence-electron chi connectivity index (χ3n) is 3.15. The van der Waals surface area contributed by atoms with E-state index in [2.05, 4.69) is 16.9 Å². The molecule has 24 heavy (non-hydrogen) atoms. The fourth-order valence-electron chi connectivity index (χ4n) is 1.97. The van der Waals surface area contributed by atoms with Crippen molar-refractivity contribution in [3.05, 3.63) is 60.2 Å². The van der Waals surface area contributed by atoms with Crippen LogP contribution in [0, 0.1) is 0 Å². The molecule has 2 aromatic carbocycles. The zero-order chi connectivity index (χ0) is 17.2. The number of carbonyl (C=O) groups is 1. The smallest absolute Gasteiger partial charge is 0.330 e. The maximum Gasteiger partial charge on any atom is 0.330 e. The first-order valence-electron chi connectivity index (χ1n) is 7.47. The molecule has 0 saturated heterocycles. The van der Waals surface area contributed by atoms with Crippen molar-refractivity contribution in [2.75, 3.05) is 26.6 Å². The second-order valence-electron chi connectivity index (χ2n) is 4.78. The van der Waals surface area contributed by atoms with E-state index in [9.17, 15) is 4.79 Å². The predicted molar refractivity (Wildman–Crippen MR) is 96.7 cm³/mol. The van der Waals surface area contributed by atoms with Gasteiger partial charge in [-0.2, -0.15) is 0 Å². The van der Waals surface area contributed by atoms with Gasteiger partial charge in [0.25, 0.3) is 0 Å². The molecule has 0 aliphatic carbocycles. The average molecular weight is 344 g/mol. The van der Waals surface area contributed by atoms with E-state index >= 15 is 0 Å². The SMILES string of the molecule is COC(=O)/C=C/c1ccc(OCCSc2ccccc2)c(OC)c1. The van der Waals surface area contributed by atoms with Crippen molar-refractivity contribution in [2.24, 2.45) is 0 Å². The first-order chi connectivity index (χ1) is 11.7. The highest BCUT2D eigenvalue weighted by molar-refractivity contribution is 7.99. The lowest BCUT2D eigenvalue weighted by Crippen LogP contribution is -2.02. The van der Waals surface area contributed by atoms with Gasteiger partial charge >= 0.3 is 5.97 Å². The molecule has 0 radical (unpaired) electrons. The molecule has 2 rings (SSSR count). The molecule has 0 aromatic heterocycles. The van der Waals surface area contributed by atoms with Crippen LogP contribution in [-0.2, 0) is 9.53 Å². The van der Waals surface area contributed by atoms with Crippen LogP contribution in [0.2, 0.25) is 0 Å². The number of hydrogen-bond acceptors (Lipinski definition) is 5. The number of ether oxygens (including phenoxy) is 3. The highest BCUT2D eigenvalue weighted by Gasteiger charge is 2.05. The van der Waals surface area contributed by atoms with Crippen molar-refractivity contribution < 1.29 is 19.0 Å². The van der Waals surface area contributed by atoms with Crippen LogP contribution < -0.4 is 9.47 Å². The first-order valence-corrected chi connectivity index (χ1v) is 8.46. The van der Waals surface area contributed by atoms with Crippen molar-refractivity contribution in [3.8, 4) is 11.5 Å². The van der Waals surface area contributed by atoms with Crippen molar-refractivity contribution >= 4 is 23.8 Å². The highest BCUT2D eigenvalue weighted by atomic mass is 32.2. The van der Waals surface area contributed by atoms with Gasteiger partial charge < -0.3 is 14.2 Å². The summed E-state index contributed by atoms with van der Waals surface area (Å²) in [5, 5.41) is 0. The largest absolute Gasteiger partial charge is 0.493 e. The van der Waals surface area contributed by atoms with Gasteiger partial charge in [-0.15, -0.1) is 11.8 Å². The Kier molecular flexibility index (Phi) is 7.23. The summed E-state index contributed by atoms with van der Waals surface area (Å²) in [6.45, 7) is 0.577. The van der Waals surface area contributed by atoms with E-state index in [0.717, 1.165) is 11.3 Å². The van der Waals surface area contributed by atoms with E-state index in [-0.39, 0.29) is 0 Å². The first kappa shape index (κ1) is 17.9. The molecule has 0 aliphatic heterocycles. The number of carbonyl (C=O) groups excluding carboxylic acids is 1. The minimum atomic E-state index is -0.396. The minimum absolute atomic E-state index is 0.396. The lowest BCUT2D eigenvalue weighted by atomic mass is 10.2. The summed E-state index contributed by atoms with van der Waals surface area (Å²) < 4.78 is 15.7. The van der Waals surface area contributed by atoms with Gasteiger partial charge in [0.2, 0.25) is 0 Å². The molecule has 0 saturated carbocycles. The summed E-state index contributed by atoms with van der Waals surface area (Å²) in [6.07, 6.45) is 3.04. The average Bonchev–Trinajstić information content (AvgIpc) is 2.64. The minimum Gasteiger partial charge on any atom is -0.493 e. The normalized spacial score (nSPS) is 10.6. The summed E-state index contributed by atoms with van der Waals surface area (Å²) in [5.41, 5.74) is 0.836. The van der Waals surface area contributed by atoms with Gasteiger partial charge in [-0.1, -0.05) is 24.3 Å². The molecule has 0 fully saturated rings. The number of methoxy groups -OCH3 is 2. The fourth-order valence-corrected chi connectivity index (χ4v) is 2.72. The van der Waals surface area contributed by atoms with Crippen LogP contribution in [0.3, 0.4) is 0 Å². The number of esters is 1. The third kappa shape index (κ3) is 5.66. The molecule has 0 heterocycles. The van der Waals surface area contributed by atoms with Crippen LogP contribution in [0.25, 0.3) is 6.08 Å². The lowest BCUT2D eigenvalue weighted by Gasteiger charge is -2.11. The molecule has 0 unspecified atom stereocenters. The van der Waals surface area contributed by atoms with Crippen LogP contribution in [0.15, 0.2) is 59.5 Å². The topological polar surface area (TPSA) is 44.8 Å². The summed E-state index contributed by atoms with van der Waals surface area (Å²) in [5.74, 6) is 1.76. The van der Waals surface area contributed by atoms with E-state index in [0.29, 0.717) is 18.1 Å². The Balaban J connectivity index is 1.90. The number of thioether (sulfide) groups is 1. The van der Waals surface area contributed by atoms with Crippen molar-refractivity contribution in [2.45, 2.75) is 4.90 Å². The molecule has 0 aliphatic rings. The molecule has 4 nitrogen and oxygen atoms in total. The van der Waals surface area contributed by atoms with E-state index in [4.69, 9.17) is 9.47 Å². The highest BCUT2D eigenvalue weighted by Crippen LogP contribution is 2.29. The monoisotopic (exact) mass is 344 g/mol. The summed E-state index contributed by atoms with van der Waals surface area (Å²) in [6, 6.07) is 15.7. The number of benzene rings is 2. The zero-order valence-electron chi connectivity index (χ0n) is 13.7. The number of hydrogen-bond donors (Lipinski definition) is 0. The van der Waals surface area contributed by atoms with Crippen molar-refractivity contribution in [3.63, 3.8) is 0 Å². The Morgan fingerprint density at radius 3 is 2.58 bits per heavy atom. The third-order valence-corrected chi connectivity index (χ3v) is 4.13. The molecule has 0 atom stereocenters. The van der Waals surface area contributed by atoms with Crippen LogP contribution in [0.4, 0.5) is 0 Å². The Morgan fingerprint density at radius 1 is 1.08 bits per heavy atom. The van der Waals surface area contributed by atoms with E-state index in [1.165, 1.54) is 18.1 Å². The molecular weight excluding hydrogens is 324 g/mol. The van der Waals surface area contributed by atoms with Gasteiger partial charge in [0, 0.05) is 16.7 Å². The maximum absolute atomic E-state index is 11.1. The molecule has 0 N–H and O–H groups in total. The van der Waals surface area contributed by atoms with Gasteiger partial charge in [-0.05, 0) is 35.9 Å². The Bertz CT molecular complexity index is 683. The lowest BCUT2D eigenvalue weighted by molar-refractivity contribution is -0.134. The van der Waals surface area contributed by atoms with E-state index in [1.54, 1.807) is 24.9 Å². The Hall–Kier alpha value is -2.40. The second kappa shape index (κ2) is 9.67. The molecule has 0 bridgehead atoms. The van der Waals surface area contributed by atoms with E-state index in [1.807, 2.05) is 36.4 Å². The fraction of sp³-hybridized carbons (Fsp3) is 0.211. The van der Waals surface area contributed by atoms with E-state index < -0.39 is 5.97 Å². The molecule has 126 valence electrons. The summed E-state index contributed by atoms with van der Waals surface area (Å²) >= 11 is 1.74. The van der Waals surface area contributed by atoms with Gasteiger partial charge in [0.05, 0.1) is 20.8 Å². The van der Waals surface area contributed by atoms with Gasteiger partial charge in [-0.25, -0.2) is 4.79 Å². The van der Waals surface area contributed by atoms with Crippen molar-refractivity contribution in [1.29, 1.82) is 0 Å². The molecular formula is C19H20O4S. The standard InChI is InChI=1S/C19H20O4S/c1-21-18-14-15(9-11-19(20)22-2)8-10-17(18)23-12-13-24-16-6-4-3-5-7-16/h3-11,14H,12-13H2,1-2H3/b11-9+. The zero-order valence-corrected chi connectivity index (χ0v) is 14.5. The maximum atomic E-state index is 11.1. The van der Waals surface area contributed by atoms with Crippen molar-refractivity contribution in [1.82, 2.24) is 0 Å². The molecule has 0 amide bonds. The molecule has 0 spiro atoms. The van der Waals surface area contributed by atoms with Crippen LogP contribution in [0.1, 0.15) is 5.56 Å². The van der Waals surface area contributed by atoms with Crippen LogP contribution >= 0.6 is 11.8 Å². The summed E-state index contributed by atoms with van der Waals surface area (Å²) in [7, 11) is 2.94. The van der Waals surface area contributed by atoms with Gasteiger partial charge in [0.1, 0.15) is 0 Å². The molecule has 2 aromatic rings.